The van der Waals surface area contributed by atoms with Crippen LogP contribution in [-0.4, -0.2) is 27.2 Å². The highest BCUT2D eigenvalue weighted by Gasteiger charge is 2.24. The zero-order valence-electron chi connectivity index (χ0n) is 14.4. The van der Waals surface area contributed by atoms with Crippen LogP contribution in [0.25, 0.3) is 0 Å². The van der Waals surface area contributed by atoms with Crippen molar-refractivity contribution >= 4 is 17.2 Å². The van der Waals surface area contributed by atoms with E-state index < -0.39 is 0 Å². The van der Waals surface area contributed by atoms with Crippen molar-refractivity contribution in [1.29, 1.82) is 0 Å². The van der Waals surface area contributed by atoms with Crippen LogP contribution in [0.2, 0.25) is 0 Å². The molecule has 3 heterocycles. The number of carbonyl (C=O) groups excluding carboxylic acids is 1. The topological polar surface area (TPSA) is 85.8 Å². The predicted molar refractivity (Wildman–Crippen MR) is 97.6 cm³/mol. The second kappa shape index (κ2) is 7.25. The van der Waals surface area contributed by atoms with E-state index in [9.17, 15) is 4.79 Å². The summed E-state index contributed by atoms with van der Waals surface area (Å²) in [5, 5.41) is 9.16. The molecule has 1 fully saturated rings. The number of fused-ring (bicyclic) bond motifs is 1. The number of rotatable bonds is 6. The summed E-state index contributed by atoms with van der Waals surface area (Å²) in [6.07, 6.45) is 10.9. The minimum absolute atomic E-state index is 0.376. The van der Waals surface area contributed by atoms with Gasteiger partial charge in [-0.15, -0.1) is 11.3 Å². The van der Waals surface area contributed by atoms with Gasteiger partial charge in [0, 0.05) is 30.1 Å². The number of hydrogen-bond acceptors (Lipinski definition) is 5. The zero-order chi connectivity index (χ0) is 17.2. The second-order valence-electron chi connectivity index (χ2n) is 7.23. The molecule has 0 saturated heterocycles. The molecule has 1 aliphatic heterocycles. The first-order valence-electron chi connectivity index (χ1n) is 9.20. The number of aryl methyl sites for hydroxylation is 1. The van der Waals surface area contributed by atoms with Crippen LogP contribution < -0.4 is 11.1 Å². The van der Waals surface area contributed by atoms with Gasteiger partial charge in [-0.25, -0.2) is 4.98 Å². The van der Waals surface area contributed by atoms with Crippen molar-refractivity contribution in [3.05, 3.63) is 33.5 Å². The highest BCUT2D eigenvalue weighted by Crippen LogP contribution is 2.36. The molecule has 0 spiro atoms. The molecule has 4 rings (SSSR count). The van der Waals surface area contributed by atoms with Gasteiger partial charge in [0.15, 0.2) is 0 Å². The number of carbonyl (C=O) groups is 1. The van der Waals surface area contributed by atoms with Gasteiger partial charge in [-0.05, 0) is 38.1 Å². The van der Waals surface area contributed by atoms with E-state index in [1.54, 1.807) is 6.20 Å². The van der Waals surface area contributed by atoms with E-state index in [1.165, 1.54) is 35.6 Å². The van der Waals surface area contributed by atoms with Gasteiger partial charge >= 0.3 is 0 Å². The molecule has 1 atom stereocenters. The molecule has 0 aromatic carbocycles. The maximum atomic E-state index is 11.5. The zero-order valence-corrected chi connectivity index (χ0v) is 15.2. The Morgan fingerprint density at radius 1 is 1.32 bits per heavy atom. The number of nitrogens with two attached hydrogens (primary N) is 1. The van der Waals surface area contributed by atoms with E-state index in [0.717, 1.165) is 38.2 Å². The summed E-state index contributed by atoms with van der Waals surface area (Å²) in [6, 6.07) is 0. The number of nitrogens with one attached hydrogen (secondary N) is 1. The van der Waals surface area contributed by atoms with Crippen molar-refractivity contribution in [2.24, 2.45) is 11.7 Å². The fourth-order valence-corrected chi connectivity index (χ4v) is 5.10. The van der Waals surface area contributed by atoms with Crippen LogP contribution in [0.4, 0.5) is 0 Å². The van der Waals surface area contributed by atoms with Crippen LogP contribution in [-0.2, 0) is 19.5 Å². The first kappa shape index (κ1) is 16.7. The molecule has 2 aromatic heterocycles. The smallest absolute Gasteiger partial charge is 0.252 e. The van der Waals surface area contributed by atoms with E-state index in [0.29, 0.717) is 17.4 Å². The monoisotopic (exact) mass is 359 g/mol. The van der Waals surface area contributed by atoms with E-state index in [2.05, 4.69) is 15.4 Å². The summed E-state index contributed by atoms with van der Waals surface area (Å²) in [5.41, 5.74) is 7.01. The Hall–Kier alpha value is -1.73. The third-order valence-corrected chi connectivity index (χ3v) is 6.61. The summed E-state index contributed by atoms with van der Waals surface area (Å²) in [7, 11) is 0. The molecule has 1 unspecified atom stereocenters. The van der Waals surface area contributed by atoms with Gasteiger partial charge < -0.3 is 11.1 Å². The normalized spacial score (nSPS) is 20.7. The first-order valence-corrected chi connectivity index (χ1v) is 10.0. The van der Waals surface area contributed by atoms with Crippen molar-refractivity contribution in [2.75, 3.05) is 6.54 Å². The fraction of sp³-hybridized carbons (Fsp3) is 0.611. The van der Waals surface area contributed by atoms with Crippen LogP contribution >= 0.6 is 11.3 Å². The average molecular weight is 359 g/mol. The standard InChI is InChI=1S/C18H25N5OS/c19-17(24)15-11-22-23-6-5-12(7-16(15)23)8-20-9-14-10-21-18(25-14)13-3-1-2-4-13/h10-13,20H,1-9H2,(H2,19,24). The summed E-state index contributed by atoms with van der Waals surface area (Å²) in [6.45, 7) is 2.68. The van der Waals surface area contributed by atoms with Crippen molar-refractivity contribution < 1.29 is 4.79 Å². The number of nitrogens with zero attached hydrogens (tertiary/aromatic N) is 3. The van der Waals surface area contributed by atoms with Crippen LogP contribution in [0.15, 0.2) is 12.4 Å². The highest BCUT2D eigenvalue weighted by molar-refractivity contribution is 7.11. The van der Waals surface area contributed by atoms with Crippen molar-refractivity contribution in [2.45, 2.75) is 57.5 Å². The van der Waals surface area contributed by atoms with Gasteiger partial charge in [0.25, 0.3) is 5.91 Å². The van der Waals surface area contributed by atoms with Crippen molar-refractivity contribution in [1.82, 2.24) is 20.1 Å². The second-order valence-corrected chi connectivity index (χ2v) is 8.38. The van der Waals surface area contributed by atoms with Gasteiger partial charge in [-0.2, -0.15) is 5.10 Å². The van der Waals surface area contributed by atoms with Crippen LogP contribution in [0.3, 0.4) is 0 Å². The molecule has 6 nitrogen and oxygen atoms in total. The molecule has 1 saturated carbocycles. The molecule has 0 bridgehead atoms. The lowest BCUT2D eigenvalue weighted by molar-refractivity contribution is 0.0998. The van der Waals surface area contributed by atoms with E-state index >= 15 is 0 Å². The third kappa shape index (κ3) is 3.62. The highest BCUT2D eigenvalue weighted by atomic mass is 32.1. The fourth-order valence-electron chi connectivity index (χ4n) is 4.04. The van der Waals surface area contributed by atoms with Crippen molar-refractivity contribution in [3.63, 3.8) is 0 Å². The molecular formula is C18H25N5OS. The van der Waals surface area contributed by atoms with Gasteiger partial charge in [0.05, 0.1) is 22.5 Å². The van der Waals surface area contributed by atoms with E-state index in [-0.39, 0.29) is 5.91 Å². The van der Waals surface area contributed by atoms with Gasteiger partial charge in [0.1, 0.15) is 0 Å². The van der Waals surface area contributed by atoms with E-state index in [4.69, 9.17) is 5.73 Å². The lowest BCUT2D eigenvalue weighted by atomic mass is 9.94. The molecule has 25 heavy (non-hydrogen) atoms. The Labute approximate surface area is 151 Å². The number of primary amides is 1. The quantitative estimate of drug-likeness (QED) is 0.829. The largest absolute Gasteiger partial charge is 0.365 e. The third-order valence-electron chi connectivity index (χ3n) is 5.45. The van der Waals surface area contributed by atoms with Gasteiger partial charge in [-0.1, -0.05) is 12.8 Å². The Bertz CT molecular complexity index is 746. The number of amides is 1. The molecule has 2 aliphatic rings. The number of hydrogen-bond donors (Lipinski definition) is 2. The first-order chi connectivity index (χ1) is 12.2. The molecular weight excluding hydrogens is 334 g/mol. The molecule has 1 aliphatic carbocycles. The summed E-state index contributed by atoms with van der Waals surface area (Å²) < 4.78 is 1.92. The van der Waals surface area contributed by atoms with Crippen LogP contribution in [0, 0.1) is 5.92 Å². The Balaban J connectivity index is 1.29. The minimum atomic E-state index is -0.376. The van der Waals surface area contributed by atoms with Crippen molar-refractivity contribution in [3.8, 4) is 0 Å². The van der Waals surface area contributed by atoms with Gasteiger partial charge in [0.2, 0.25) is 0 Å². The van der Waals surface area contributed by atoms with Gasteiger partial charge in [-0.3, -0.25) is 9.48 Å². The molecule has 7 heteroatoms. The SMILES string of the molecule is NC(=O)c1cnn2c1CC(CNCc1cnc(C3CCCC3)s1)CC2. The predicted octanol–water partition coefficient (Wildman–Crippen LogP) is 2.45. The average Bonchev–Trinajstić information content (AvgIpc) is 3.34. The summed E-state index contributed by atoms with van der Waals surface area (Å²) >= 11 is 1.86. The summed E-state index contributed by atoms with van der Waals surface area (Å²) in [4.78, 5) is 17.5. The number of aromatic nitrogens is 3. The minimum Gasteiger partial charge on any atom is -0.365 e. The van der Waals surface area contributed by atoms with Crippen LogP contribution in [0.5, 0.6) is 0 Å². The lowest BCUT2D eigenvalue weighted by Crippen LogP contribution is -2.30. The van der Waals surface area contributed by atoms with Crippen LogP contribution in [0.1, 0.15) is 64.0 Å². The number of thiazole rings is 1. The molecule has 0 radical (unpaired) electrons. The molecule has 1 amide bonds. The Morgan fingerprint density at radius 3 is 2.96 bits per heavy atom. The molecule has 2 aromatic rings. The summed E-state index contributed by atoms with van der Waals surface area (Å²) in [5.74, 6) is 0.841. The molecule has 3 N–H and O–H groups in total. The van der Waals surface area contributed by atoms with E-state index in [1.807, 2.05) is 22.2 Å². The Morgan fingerprint density at radius 2 is 2.16 bits per heavy atom. The maximum absolute atomic E-state index is 11.5. The Kier molecular flexibility index (Phi) is 4.85. The maximum Gasteiger partial charge on any atom is 0.252 e. The lowest BCUT2D eigenvalue weighted by Gasteiger charge is -2.24. The molecule has 134 valence electrons.